The van der Waals surface area contributed by atoms with Crippen LogP contribution in [0.1, 0.15) is 23.4 Å². The zero-order valence-electron chi connectivity index (χ0n) is 15.2. The molecule has 1 heterocycles. The van der Waals surface area contributed by atoms with Crippen LogP contribution in [0.3, 0.4) is 0 Å². The monoisotopic (exact) mass is 410 g/mol. The first kappa shape index (κ1) is 20.3. The molecule has 9 nitrogen and oxygen atoms in total. The predicted molar refractivity (Wildman–Crippen MR) is 97.6 cm³/mol. The van der Waals surface area contributed by atoms with Gasteiger partial charge in [-0.1, -0.05) is 5.16 Å². The van der Waals surface area contributed by atoms with Crippen molar-refractivity contribution >= 4 is 15.7 Å². The van der Waals surface area contributed by atoms with Crippen molar-refractivity contribution in [3.8, 4) is 5.75 Å². The van der Waals surface area contributed by atoms with Crippen LogP contribution in [0.5, 0.6) is 5.75 Å². The van der Waals surface area contributed by atoms with Gasteiger partial charge in [-0.2, -0.15) is 0 Å². The van der Waals surface area contributed by atoms with Gasteiger partial charge in [-0.05, 0) is 37.1 Å². The maximum atomic E-state index is 12.1. The van der Waals surface area contributed by atoms with Gasteiger partial charge in [0.15, 0.2) is 9.84 Å². The van der Waals surface area contributed by atoms with Gasteiger partial charge in [0.2, 0.25) is 5.76 Å². The summed E-state index contributed by atoms with van der Waals surface area (Å²) < 4.78 is 33.7. The molecule has 1 amide bonds. The number of hydrogen-bond donors (Lipinski definition) is 3. The molecule has 3 rings (SSSR count). The second kappa shape index (κ2) is 7.90. The van der Waals surface area contributed by atoms with Crippen LogP contribution in [-0.4, -0.2) is 61.3 Å². The molecule has 152 valence electrons. The molecule has 10 heteroatoms. The number of carbonyl (C=O) groups excluding carboxylic acids is 1. The molecule has 1 aliphatic rings. The molecule has 0 bridgehead atoms. The second-order valence-electron chi connectivity index (χ2n) is 7.13. The topological polar surface area (TPSA) is 139 Å². The Kier molecular flexibility index (Phi) is 5.73. The number of aromatic nitrogens is 1. The third-order valence-electron chi connectivity index (χ3n) is 4.81. The number of ether oxygens (including phenoxy) is 1. The number of aliphatic hydroxyl groups excluding tert-OH is 2. The fourth-order valence-electron chi connectivity index (χ4n) is 3.26. The third kappa shape index (κ3) is 4.70. The zero-order valence-corrected chi connectivity index (χ0v) is 16.1. The van der Waals surface area contributed by atoms with Crippen LogP contribution in [-0.2, 0) is 9.84 Å². The molecule has 1 unspecified atom stereocenters. The third-order valence-corrected chi connectivity index (χ3v) is 5.94. The molecule has 1 fully saturated rings. The number of nitrogens with one attached hydrogen (secondary N) is 1. The van der Waals surface area contributed by atoms with Gasteiger partial charge in [-0.25, -0.2) is 8.42 Å². The van der Waals surface area contributed by atoms with Crippen LogP contribution in [0.15, 0.2) is 45.9 Å². The first-order valence-electron chi connectivity index (χ1n) is 8.66. The summed E-state index contributed by atoms with van der Waals surface area (Å²) in [5.41, 5.74) is -0.690. The number of rotatable bonds is 7. The lowest BCUT2D eigenvalue weighted by molar-refractivity contribution is 0.0438. The Morgan fingerprint density at radius 2 is 1.89 bits per heavy atom. The lowest BCUT2D eigenvalue weighted by atomic mass is 9.86. The first-order chi connectivity index (χ1) is 13.2. The maximum absolute atomic E-state index is 12.1. The first-order valence-corrected chi connectivity index (χ1v) is 10.6. The Morgan fingerprint density at radius 1 is 1.25 bits per heavy atom. The van der Waals surface area contributed by atoms with Crippen molar-refractivity contribution in [1.29, 1.82) is 0 Å². The lowest BCUT2D eigenvalue weighted by Crippen LogP contribution is -2.40. The van der Waals surface area contributed by atoms with E-state index in [4.69, 9.17) is 9.26 Å². The van der Waals surface area contributed by atoms with E-state index in [-0.39, 0.29) is 36.6 Å². The largest absolute Gasteiger partial charge is 0.493 e. The number of aliphatic hydroxyl groups is 2. The fraction of sp³-hybridized carbons (Fsp3) is 0.444. The molecule has 3 atom stereocenters. The van der Waals surface area contributed by atoms with Crippen LogP contribution < -0.4 is 10.1 Å². The van der Waals surface area contributed by atoms with Crippen LogP contribution in [0.2, 0.25) is 0 Å². The molecule has 1 aromatic heterocycles. The van der Waals surface area contributed by atoms with E-state index >= 15 is 0 Å². The zero-order chi connectivity index (χ0) is 20.4. The molecule has 2 aromatic rings. The molecular weight excluding hydrogens is 388 g/mol. The molecule has 0 spiro atoms. The van der Waals surface area contributed by atoms with E-state index in [1.165, 1.54) is 24.4 Å². The quantitative estimate of drug-likeness (QED) is 0.596. The summed E-state index contributed by atoms with van der Waals surface area (Å²) in [6, 6.07) is 7.40. The summed E-state index contributed by atoms with van der Waals surface area (Å²) in [4.78, 5) is 12.3. The summed E-state index contributed by atoms with van der Waals surface area (Å²) in [6.07, 6.45) is 1.13. The molecule has 1 aromatic carbocycles. The Morgan fingerprint density at radius 3 is 2.43 bits per heavy atom. The number of amides is 1. The van der Waals surface area contributed by atoms with E-state index in [2.05, 4.69) is 10.5 Å². The van der Waals surface area contributed by atoms with Crippen LogP contribution in [0.25, 0.3) is 0 Å². The maximum Gasteiger partial charge on any atom is 0.289 e. The number of hydrogen-bond acceptors (Lipinski definition) is 8. The van der Waals surface area contributed by atoms with Gasteiger partial charge in [-0.3, -0.25) is 4.79 Å². The van der Waals surface area contributed by atoms with E-state index in [1.54, 1.807) is 12.1 Å². The minimum atomic E-state index is -3.30. The molecule has 3 N–H and O–H groups in total. The average Bonchev–Trinajstić information content (AvgIpc) is 3.27. The van der Waals surface area contributed by atoms with Crippen LogP contribution >= 0.6 is 0 Å². The Labute approximate surface area is 162 Å². The predicted octanol–water partition coefficient (Wildman–Crippen LogP) is 0.389. The summed E-state index contributed by atoms with van der Waals surface area (Å²) in [6.45, 7) is 0.276. The second-order valence-corrected chi connectivity index (χ2v) is 9.15. The molecule has 1 saturated carbocycles. The molecule has 28 heavy (non-hydrogen) atoms. The van der Waals surface area contributed by atoms with Crippen molar-refractivity contribution in [2.24, 2.45) is 5.41 Å². The van der Waals surface area contributed by atoms with Gasteiger partial charge in [0.25, 0.3) is 5.91 Å². The summed E-state index contributed by atoms with van der Waals surface area (Å²) >= 11 is 0. The van der Waals surface area contributed by atoms with Crippen LogP contribution in [0.4, 0.5) is 0 Å². The lowest BCUT2D eigenvalue weighted by Gasteiger charge is -2.29. The van der Waals surface area contributed by atoms with Crippen molar-refractivity contribution in [2.45, 2.75) is 29.9 Å². The Bertz CT molecular complexity index is 900. The van der Waals surface area contributed by atoms with Gasteiger partial charge < -0.3 is 24.8 Å². The Balaban J connectivity index is 1.67. The van der Waals surface area contributed by atoms with E-state index in [9.17, 15) is 23.4 Å². The van der Waals surface area contributed by atoms with E-state index in [1.807, 2.05) is 0 Å². The SMILES string of the molecule is CS(=O)(=O)c1ccc(OCC2(CNC(=O)c3ccno3)C[C@@H](O)[C@@H](O)C2)cc1. The number of nitrogens with zero attached hydrogens (tertiary/aromatic N) is 1. The summed E-state index contributed by atoms with van der Waals surface area (Å²) in [5, 5.41) is 26.2. The minimum Gasteiger partial charge on any atom is -0.493 e. The molecule has 1 aliphatic carbocycles. The van der Waals surface area contributed by atoms with Gasteiger partial charge in [0.1, 0.15) is 5.75 Å². The normalized spacial score (nSPS) is 24.8. The summed E-state index contributed by atoms with van der Waals surface area (Å²) in [7, 11) is -3.30. The number of benzene rings is 1. The highest BCUT2D eigenvalue weighted by Crippen LogP contribution is 2.38. The van der Waals surface area contributed by atoms with Crippen molar-refractivity contribution in [3.05, 3.63) is 42.3 Å². The minimum absolute atomic E-state index is 0.0616. The summed E-state index contributed by atoms with van der Waals surface area (Å²) in [5.74, 6) is 0.0565. The van der Waals surface area contributed by atoms with Crippen molar-refractivity contribution < 1.29 is 32.7 Å². The smallest absolute Gasteiger partial charge is 0.289 e. The van der Waals surface area contributed by atoms with Crippen LogP contribution in [0, 0.1) is 5.41 Å². The standard InChI is InChI=1S/C18H22N2O7S/c1-28(24,25)13-4-2-12(3-5-13)26-11-18(8-14(21)15(22)9-18)10-19-17(23)16-6-7-20-27-16/h2-7,14-15,21-22H,8-11H2,1H3,(H,19,23)/t14-,15+,18?. The van der Waals surface area contributed by atoms with Crippen molar-refractivity contribution in [2.75, 3.05) is 19.4 Å². The van der Waals surface area contributed by atoms with E-state index in [0.29, 0.717) is 5.75 Å². The van der Waals surface area contributed by atoms with E-state index in [0.717, 1.165) is 6.26 Å². The highest BCUT2D eigenvalue weighted by Gasteiger charge is 2.45. The Hall–Kier alpha value is -2.43. The highest BCUT2D eigenvalue weighted by molar-refractivity contribution is 7.90. The molecule has 0 radical (unpaired) electrons. The van der Waals surface area contributed by atoms with Crippen molar-refractivity contribution in [3.63, 3.8) is 0 Å². The average molecular weight is 410 g/mol. The van der Waals surface area contributed by atoms with Gasteiger partial charge >= 0.3 is 0 Å². The number of carbonyl (C=O) groups is 1. The molecular formula is C18H22N2O7S. The highest BCUT2D eigenvalue weighted by atomic mass is 32.2. The van der Waals surface area contributed by atoms with Crippen molar-refractivity contribution in [1.82, 2.24) is 10.5 Å². The van der Waals surface area contributed by atoms with E-state index < -0.39 is 33.4 Å². The van der Waals surface area contributed by atoms with Gasteiger partial charge in [0.05, 0.1) is 29.9 Å². The van der Waals surface area contributed by atoms with Gasteiger partial charge in [-0.15, -0.1) is 0 Å². The molecule has 0 aliphatic heterocycles. The molecule has 0 saturated heterocycles. The fourth-order valence-corrected chi connectivity index (χ4v) is 3.89. The number of sulfone groups is 1. The van der Waals surface area contributed by atoms with Gasteiger partial charge in [0, 0.05) is 24.3 Å².